The van der Waals surface area contributed by atoms with Gasteiger partial charge in [-0.3, -0.25) is 0 Å². The van der Waals surface area contributed by atoms with Gasteiger partial charge in [0.2, 0.25) is 5.88 Å². The van der Waals surface area contributed by atoms with Crippen molar-refractivity contribution in [3.8, 4) is 5.88 Å². The molecular weight excluding hydrogens is 453 g/mol. The number of aliphatic hydroxyl groups excluding tert-OH is 1. The molecule has 0 saturated carbocycles. The van der Waals surface area contributed by atoms with Crippen LogP contribution in [0.5, 0.6) is 5.88 Å². The molecule has 2 N–H and O–H groups in total. The number of benzene rings is 1. The first-order chi connectivity index (χ1) is 13.7. The molecule has 0 spiro atoms. The molecule has 0 aliphatic rings. The Labute approximate surface area is 173 Å². The van der Waals surface area contributed by atoms with Gasteiger partial charge < -0.3 is 15.2 Å². The van der Waals surface area contributed by atoms with E-state index in [1.165, 1.54) is 19.2 Å². The van der Waals surface area contributed by atoms with Crippen molar-refractivity contribution in [2.45, 2.75) is 25.8 Å². The number of nitrogens with zero attached hydrogens (tertiary/aromatic N) is 3. The molecule has 3 aromatic rings. The van der Waals surface area contributed by atoms with Gasteiger partial charge in [0.1, 0.15) is 24.1 Å². The van der Waals surface area contributed by atoms with Crippen LogP contribution in [0.3, 0.4) is 0 Å². The van der Waals surface area contributed by atoms with Gasteiger partial charge in [-0.25, -0.2) is 14.4 Å². The SMILES string of the molecule is COc1nc2nc(C)nc(N[C@H](C)c3cccc(C(F)(F)CO)c3F)c2cc1Br. The fourth-order valence-corrected chi connectivity index (χ4v) is 3.39. The second kappa shape index (κ2) is 8.11. The third-order valence-corrected chi connectivity index (χ3v) is 4.92. The summed E-state index contributed by atoms with van der Waals surface area (Å²) in [6.07, 6.45) is 0. The number of halogens is 4. The second-order valence-corrected chi connectivity index (χ2v) is 7.26. The van der Waals surface area contributed by atoms with Crippen molar-refractivity contribution in [3.63, 3.8) is 0 Å². The van der Waals surface area contributed by atoms with Crippen molar-refractivity contribution in [2.75, 3.05) is 19.0 Å². The fourth-order valence-electron chi connectivity index (χ4n) is 2.91. The summed E-state index contributed by atoms with van der Waals surface area (Å²) in [6, 6.07) is 4.68. The summed E-state index contributed by atoms with van der Waals surface area (Å²) in [4.78, 5) is 12.9. The van der Waals surface area contributed by atoms with E-state index in [1.807, 2.05) is 0 Å². The molecule has 1 aromatic carbocycles. The van der Waals surface area contributed by atoms with Crippen LogP contribution in [0.4, 0.5) is 19.0 Å². The predicted molar refractivity (Wildman–Crippen MR) is 106 cm³/mol. The number of alkyl halides is 2. The van der Waals surface area contributed by atoms with Gasteiger partial charge in [0.25, 0.3) is 5.92 Å². The quantitative estimate of drug-likeness (QED) is 0.551. The van der Waals surface area contributed by atoms with E-state index in [4.69, 9.17) is 9.84 Å². The summed E-state index contributed by atoms with van der Waals surface area (Å²) in [5.74, 6) is -3.62. The molecule has 3 rings (SSSR count). The van der Waals surface area contributed by atoms with Gasteiger partial charge in [0, 0.05) is 5.56 Å². The van der Waals surface area contributed by atoms with Gasteiger partial charge in [0.15, 0.2) is 5.65 Å². The molecule has 154 valence electrons. The maximum atomic E-state index is 14.8. The molecule has 2 aromatic heterocycles. The van der Waals surface area contributed by atoms with E-state index in [2.05, 4.69) is 36.2 Å². The van der Waals surface area contributed by atoms with Crippen LogP contribution in [0.2, 0.25) is 0 Å². The zero-order valence-corrected chi connectivity index (χ0v) is 17.4. The molecule has 0 radical (unpaired) electrons. The number of ether oxygens (including phenoxy) is 1. The van der Waals surface area contributed by atoms with Gasteiger partial charge in [-0.05, 0) is 41.9 Å². The molecular formula is C19H18BrF3N4O2. The molecule has 0 amide bonds. The van der Waals surface area contributed by atoms with Crippen LogP contribution in [0.15, 0.2) is 28.7 Å². The van der Waals surface area contributed by atoms with E-state index in [9.17, 15) is 13.2 Å². The Morgan fingerprint density at radius 3 is 2.66 bits per heavy atom. The first-order valence-corrected chi connectivity index (χ1v) is 9.40. The van der Waals surface area contributed by atoms with E-state index in [0.717, 1.165) is 6.07 Å². The van der Waals surface area contributed by atoms with Crippen molar-refractivity contribution in [2.24, 2.45) is 0 Å². The Kier molecular flexibility index (Phi) is 5.95. The lowest BCUT2D eigenvalue weighted by molar-refractivity contribution is -0.0583. The summed E-state index contributed by atoms with van der Waals surface area (Å²) in [5, 5.41) is 12.5. The number of hydrogen-bond acceptors (Lipinski definition) is 6. The summed E-state index contributed by atoms with van der Waals surface area (Å²) in [5.41, 5.74) is -0.474. The van der Waals surface area contributed by atoms with Gasteiger partial charge in [-0.15, -0.1) is 0 Å². The Morgan fingerprint density at radius 1 is 1.28 bits per heavy atom. The van der Waals surface area contributed by atoms with E-state index >= 15 is 0 Å². The molecule has 0 aliphatic heterocycles. The van der Waals surface area contributed by atoms with E-state index in [0.29, 0.717) is 33.0 Å². The Balaban J connectivity index is 2.04. The predicted octanol–water partition coefficient (Wildman–Crippen LogP) is 4.50. The van der Waals surface area contributed by atoms with Crippen molar-refractivity contribution < 1.29 is 23.0 Å². The maximum absolute atomic E-state index is 14.8. The van der Waals surface area contributed by atoms with Gasteiger partial charge >= 0.3 is 0 Å². The zero-order valence-electron chi connectivity index (χ0n) is 15.8. The van der Waals surface area contributed by atoms with Crippen LogP contribution < -0.4 is 10.1 Å². The number of anilines is 1. The Morgan fingerprint density at radius 2 is 2.00 bits per heavy atom. The summed E-state index contributed by atoms with van der Waals surface area (Å²) >= 11 is 3.35. The highest BCUT2D eigenvalue weighted by Gasteiger charge is 2.35. The average Bonchev–Trinajstić information content (AvgIpc) is 2.67. The lowest BCUT2D eigenvalue weighted by Crippen LogP contribution is -2.22. The Bertz CT molecular complexity index is 1070. The molecule has 29 heavy (non-hydrogen) atoms. The Hall–Kier alpha value is -2.46. The van der Waals surface area contributed by atoms with Gasteiger partial charge in [-0.2, -0.15) is 13.8 Å². The topological polar surface area (TPSA) is 80.2 Å². The van der Waals surface area contributed by atoms with E-state index < -0.39 is 30.0 Å². The van der Waals surface area contributed by atoms with Crippen LogP contribution in [0, 0.1) is 12.7 Å². The number of aryl methyl sites for hydroxylation is 1. The van der Waals surface area contributed by atoms with Crippen molar-refractivity contribution >= 4 is 32.8 Å². The number of fused-ring (bicyclic) bond motifs is 1. The number of pyridine rings is 1. The van der Waals surface area contributed by atoms with Crippen molar-refractivity contribution in [3.05, 3.63) is 51.5 Å². The summed E-state index contributed by atoms with van der Waals surface area (Å²) < 4.78 is 48.2. The first kappa shape index (κ1) is 21.3. The van der Waals surface area contributed by atoms with Gasteiger partial charge in [-0.1, -0.05) is 12.1 Å². The fraction of sp³-hybridized carbons (Fsp3) is 0.316. The van der Waals surface area contributed by atoms with Crippen molar-refractivity contribution in [1.29, 1.82) is 0 Å². The molecule has 0 fully saturated rings. The second-order valence-electron chi connectivity index (χ2n) is 6.41. The largest absolute Gasteiger partial charge is 0.480 e. The lowest BCUT2D eigenvalue weighted by atomic mass is 10.0. The highest BCUT2D eigenvalue weighted by Crippen LogP contribution is 2.34. The average molecular weight is 471 g/mol. The number of rotatable bonds is 6. The summed E-state index contributed by atoms with van der Waals surface area (Å²) in [6.45, 7) is 1.81. The third kappa shape index (κ3) is 4.13. The molecule has 2 heterocycles. The number of hydrogen-bond donors (Lipinski definition) is 2. The number of aliphatic hydroxyl groups is 1. The summed E-state index contributed by atoms with van der Waals surface area (Å²) in [7, 11) is 1.48. The monoisotopic (exact) mass is 470 g/mol. The van der Waals surface area contributed by atoms with E-state index in [1.54, 1.807) is 19.9 Å². The van der Waals surface area contributed by atoms with Crippen LogP contribution in [0.25, 0.3) is 11.0 Å². The number of methoxy groups -OCH3 is 1. The highest BCUT2D eigenvalue weighted by molar-refractivity contribution is 9.10. The van der Waals surface area contributed by atoms with Crippen LogP contribution in [-0.4, -0.2) is 33.8 Å². The third-order valence-electron chi connectivity index (χ3n) is 4.35. The number of nitrogens with one attached hydrogen (secondary N) is 1. The minimum absolute atomic E-state index is 0.0144. The lowest BCUT2D eigenvalue weighted by Gasteiger charge is -2.21. The molecule has 10 heteroatoms. The van der Waals surface area contributed by atoms with Crippen LogP contribution in [-0.2, 0) is 5.92 Å². The minimum atomic E-state index is -3.68. The maximum Gasteiger partial charge on any atom is 0.298 e. The van der Waals surface area contributed by atoms with Crippen LogP contribution >= 0.6 is 15.9 Å². The van der Waals surface area contributed by atoms with Gasteiger partial charge in [0.05, 0.1) is 28.6 Å². The zero-order chi connectivity index (χ0) is 21.3. The highest BCUT2D eigenvalue weighted by atomic mass is 79.9. The molecule has 0 saturated heterocycles. The van der Waals surface area contributed by atoms with E-state index in [-0.39, 0.29) is 5.56 Å². The molecule has 1 atom stereocenters. The minimum Gasteiger partial charge on any atom is -0.480 e. The molecule has 0 aliphatic carbocycles. The normalized spacial score (nSPS) is 12.8. The van der Waals surface area contributed by atoms with Crippen LogP contribution in [0.1, 0.15) is 29.9 Å². The standard InChI is InChI=1S/C19H18BrF3N4O2/c1-9(11-5-4-6-13(15(11)21)19(22,23)8-28)24-16-12-7-14(20)18(29-3)27-17(12)26-10(2)25-16/h4-7,9,28H,8H2,1-3H3,(H,24,25,26,27)/t9-/m1/s1. The molecule has 6 nitrogen and oxygen atoms in total. The van der Waals surface area contributed by atoms with Crippen molar-refractivity contribution in [1.82, 2.24) is 15.0 Å². The number of aromatic nitrogens is 3. The molecule has 0 bridgehead atoms. The molecule has 0 unspecified atom stereocenters. The smallest absolute Gasteiger partial charge is 0.298 e. The first-order valence-electron chi connectivity index (χ1n) is 8.61.